The Morgan fingerprint density at radius 1 is 1.29 bits per heavy atom. The normalized spacial score (nSPS) is 10.6. The zero-order valence-corrected chi connectivity index (χ0v) is 11.1. The van der Waals surface area contributed by atoms with Crippen LogP contribution in [0.15, 0.2) is 21.8 Å². The van der Waals surface area contributed by atoms with E-state index in [0.717, 1.165) is 22.2 Å². The lowest BCUT2D eigenvalue weighted by Gasteiger charge is -1.98. The summed E-state index contributed by atoms with van der Waals surface area (Å²) < 4.78 is 0.864. The molecule has 0 spiro atoms. The van der Waals surface area contributed by atoms with Crippen molar-refractivity contribution in [3.8, 4) is 0 Å². The summed E-state index contributed by atoms with van der Waals surface area (Å²) in [6.07, 6.45) is 6.50. The molecular formula is C10H13N5S2. The first-order valence-electron chi connectivity index (χ1n) is 5.36. The van der Waals surface area contributed by atoms with E-state index in [2.05, 4.69) is 27.1 Å². The monoisotopic (exact) mass is 267 g/mol. The summed E-state index contributed by atoms with van der Waals surface area (Å²) in [6.45, 7) is 2.16. The lowest BCUT2D eigenvalue weighted by molar-refractivity contribution is 0.777. The largest absolute Gasteiger partial charge is 0.381 e. The number of unbranched alkanes of at least 4 members (excludes halogenated alkanes) is 1. The van der Waals surface area contributed by atoms with Crippen LogP contribution in [0.2, 0.25) is 0 Å². The van der Waals surface area contributed by atoms with E-state index in [1.54, 1.807) is 23.7 Å². The smallest absolute Gasteiger partial charge is 0.180 e. The molecule has 0 atom stereocenters. The molecule has 0 aliphatic carbocycles. The van der Waals surface area contributed by atoms with Gasteiger partial charge in [0.05, 0.1) is 0 Å². The number of hydrogen-bond donors (Lipinski definition) is 1. The third kappa shape index (κ3) is 3.37. The van der Waals surface area contributed by atoms with Crippen molar-refractivity contribution in [2.45, 2.75) is 35.6 Å². The van der Waals surface area contributed by atoms with E-state index in [1.807, 2.05) is 0 Å². The summed E-state index contributed by atoms with van der Waals surface area (Å²) >= 11 is 3.01. The van der Waals surface area contributed by atoms with E-state index in [1.165, 1.54) is 18.2 Å². The van der Waals surface area contributed by atoms with Crippen molar-refractivity contribution in [1.29, 1.82) is 0 Å². The highest BCUT2D eigenvalue weighted by Gasteiger charge is 2.09. The Bertz CT molecular complexity index is 485. The Kier molecular flexibility index (Phi) is 4.27. The van der Waals surface area contributed by atoms with Crippen LogP contribution < -0.4 is 5.73 Å². The van der Waals surface area contributed by atoms with Crippen molar-refractivity contribution < 1.29 is 0 Å². The lowest BCUT2D eigenvalue weighted by atomic mass is 10.3. The van der Waals surface area contributed by atoms with Crippen molar-refractivity contribution in [3.63, 3.8) is 0 Å². The second-order valence-electron chi connectivity index (χ2n) is 3.41. The summed E-state index contributed by atoms with van der Waals surface area (Å²) in [5.41, 5.74) is 5.72. The highest BCUT2D eigenvalue weighted by atomic mass is 32.2. The molecule has 0 saturated heterocycles. The maximum atomic E-state index is 5.72. The van der Waals surface area contributed by atoms with Gasteiger partial charge >= 0.3 is 0 Å². The number of rotatable bonds is 5. The molecule has 2 rings (SSSR count). The SMILES string of the molecule is CCCCc1nnc(Sc2nccnc2N)s1. The summed E-state index contributed by atoms with van der Waals surface area (Å²) in [6, 6.07) is 0. The molecule has 0 bridgehead atoms. The molecule has 2 aromatic rings. The van der Waals surface area contributed by atoms with Gasteiger partial charge < -0.3 is 5.73 Å². The second kappa shape index (κ2) is 5.92. The molecule has 0 unspecified atom stereocenters. The van der Waals surface area contributed by atoms with Crippen molar-refractivity contribution >= 4 is 28.9 Å². The van der Waals surface area contributed by atoms with Crippen molar-refractivity contribution in [1.82, 2.24) is 20.2 Å². The van der Waals surface area contributed by atoms with Crippen LogP contribution in [0.5, 0.6) is 0 Å². The molecule has 5 nitrogen and oxygen atoms in total. The Morgan fingerprint density at radius 3 is 2.88 bits per heavy atom. The van der Waals surface area contributed by atoms with Gasteiger partial charge in [-0.1, -0.05) is 24.7 Å². The van der Waals surface area contributed by atoms with Crippen molar-refractivity contribution in [2.24, 2.45) is 0 Å². The molecule has 2 aromatic heterocycles. The van der Waals surface area contributed by atoms with Gasteiger partial charge in [0.25, 0.3) is 0 Å². The van der Waals surface area contributed by atoms with E-state index in [4.69, 9.17) is 5.73 Å². The number of hydrogen-bond acceptors (Lipinski definition) is 7. The van der Waals surface area contributed by atoms with Gasteiger partial charge in [-0.25, -0.2) is 9.97 Å². The topological polar surface area (TPSA) is 77.6 Å². The van der Waals surface area contributed by atoms with Crippen LogP contribution in [0, 0.1) is 0 Å². The highest BCUT2D eigenvalue weighted by Crippen LogP contribution is 2.31. The molecular weight excluding hydrogens is 254 g/mol. The Hall–Kier alpha value is -1.21. The number of nitrogen functional groups attached to an aromatic ring is 1. The van der Waals surface area contributed by atoms with Gasteiger partial charge in [-0.3, -0.25) is 0 Å². The Balaban J connectivity index is 2.04. The fourth-order valence-corrected chi connectivity index (χ4v) is 3.03. The van der Waals surface area contributed by atoms with Crippen LogP contribution in [0.1, 0.15) is 24.8 Å². The maximum absolute atomic E-state index is 5.72. The van der Waals surface area contributed by atoms with Gasteiger partial charge in [0.1, 0.15) is 10.0 Å². The van der Waals surface area contributed by atoms with Crippen LogP contribution in [0.4, 0.5) is 5.82 Å². The lowest BCUT2D eigenvalue weighted by Crippen LogP contribution is -1.94. The summed E-state index contributed by atoms with van der Waals surface area (Å²) in [7, 11) is 0. The fourth-order valence-electron chi connectivity index (χ4n) is 1.21. The predicted octanol–water partition coefficient (Wildman–Crippen LogP) is 2.40. The van der Waals surface area contributed by atoms with Gasteiger partial charge in [-0.2, -0.15) is 0 Å². The standard InChI is InChI=1S/C10H13N5S2/c1-2-3-4-7-14-15-10(16-7)17-9-8(11)12-5-6-13-9/h5-6H,2-4H2,1H3,(H2,11,12). The third-order valence-corrected chi connectivity index (χ3v) is 4.11. The van der Waals surface area contributed by atoms with Crippen molar-refractivity contribution in [2.75, 3.05) is 5.73 Å². The van der Waals surface area contributed by atoms with Gasteiger partial charge in [-0.05, 0) is 18.2 Å². The number of aryl methyl sites for hydroxylation is 1. The molecule has 17 heavy (non-hydrogen) atoms. The predicted molar refractivity (Wildman–Crippen MR) is 69.1 cm³/mol. The van der Waals surface area contributed by atoms with Crippen molar-refractivity contribution in [3.05, 3.63) is 17.4 Å². The van der Waals surface area contributed by atoms with E-state index in [-0.39, 0.29) is 0 Å². The number of aromatic nitrogens is 4. The zero-order valence-electron chi connectivity index (χ0n) is 9.46. The first kappa shape index (κ1) is 12.3. The average Bonchev–Trinajstić information content (AvgIpc) is 2.77. The summed E-state index contributed by atoms with van der Waals surface area (Å²) in [5, 5.41) is 10.0. The Labute approximate surface area is 108 Å². The van der Waals surface area contributed by atoms with Crippen LogP contribution in [-0.4, -0.2) is 20.2 Å². The molecule has 0 aliphatic heterocycles. The highest BCUT2D eigenvalue weighted by molar-refractivity contribution is 8.01. The van der Waals surface area contributed by atoms with Crippen LogP contribution in [0.25, 0.3) is 0 Å². The van der Waals surface area contributed by atoms with E-state index in [0.29, 0.717) is 10.8 Å². The van der Waals surface area contributed by atoms with E-state index in [9.17, 15) is 0 Å². The molecule has 2 N–H and O–H groups in total. The molecule has 0 aliphatic rings. The molecule has 0 amide bonds. The molecule has 0 aromatic carbocycles. The first-order chi connectivity index (χ1) is 8.29. The van der Waals surface area contributed by atoms with E-state index < -0.39 is 0 Å². The van der Waals surface area contributed by atoms with Gasteiger partial charge in [0.15, 0.2) is 10.2 Å². The van der Waals surface area contributed by atoms with Crippen LogP contribution in [0.3, 0.4) is 0 Å². The fraction of sp³-hybridized carbons (Fsp3) is 0.400. The number of nitrogens with two attached hydrogens (primary N) is 1. The minimum absolute atomic E-state index is 0.433. The second-order valence-corrected chi connectivity index (χ2v) is 5.71. The van der Waals surface area contributed by atoms with Gasteiger partial charge in [0.2, 0.25) is 0 Å². The minimum Gasteiger partial charge on any atom is -0.381 e. The average molecular weight is 267 g/mol. The Morgan fingerprint density at radius 2 is 2.12 bits per heavy atom. The summed E-state index contributed by atoms with van der Waals surface area (Å²) in [4.78, 5) is 8.14. The van der Waals surface area contributed by atoms with E-state index >= 15 is 0 Å². The van der Waals surface area contributed by atoms with Crippen LogP contribution in [-0.2, 0) is 6.42 Å². The number of anilines is 1. The molecule has 7 heteroatoms. The van der Waals surface area contributed by atoms with Gasteiger partial charge in [-0.15, -0.1) is 10.2 Å². The third-order valence-electron chi connectivity index (χ3n) is 2.07. The first-order valence-corrected chi connectivity index (χ1v) is 6.99. The molecule has 0 saturated carbocycles. The molecule has 90 valence electrons. The quantitative estimate of drug-likeness (QED) is 0.896. The minimum atomic E-state index is 0.433. The van der Waals surface area contributed by atoms with Gasteiger partial charge in [0, 0.05) is 18.8 Å². The van der Waals surface area contributed by atoms with Crippen LogP contribution >= 0.6 is 23.1 Å². The molecule has 0 radical (unpaired) electrons. The zero-order chi connectivity index (χ0) is 12.1. The summed E-state index contributed by atoms with van der Waals surface area (Å²) in [5.74, 6) is 0.433. The maximum Gasteiger partial charge on any atom is 0.180 e. The molecule has 2 heterocycles. The number of nitrogens with zero attached hydrogens (tertiary/aromatic N) is 4. The molecule has 0 fully saturated rings.